The van der Waals surface area contributed by atoms with Crippen molar-refractivity contribution in [2.24, 2.45) is 0 Å². The van der Waals surface area contributed by atoms with E-state index in [2.05, 4.69) is 67.6 Å². The molecule has 0 aliphatic heterocycles. The first-order valence-electron chi connectivity index (χ1n) is 6.47. The molecule has 2 aromatic carbocycles. The summed E-state index contributed by atoms with van der Waals surface area (Å²) in [6.07, 6.45) is 0. The standard InChI is InChI=1S/C17H16S2/c1-13(18-12-14-7-3-2-4-8-14)17-11-15-9-5-6-10-16(15)19-17/h2-11,13H,12H2,1H3. The second-order valence-electron chi connectivity index (χ2n) is 4.63. The summed E-state index contributed by atoms with van der Waals surface area (Å²) in [6, 6.07) is 21.7. The summed E-state index contributed by atoms with van der Waals surface area (Å²) >= 11 is 3.93. The molecule has 1 aromatic heterocycles. The summed E-state index contributed by atoms with van der Waals surface area (Å²) in [5.74, 6) is 1.08. The van der Waals surface area contributed by atoms with Crippen molar-refractivity contribution in [3.8, 4) is 0 Å². The van der Waals surface area contributed by atoms with Crippen molar-refractivity contribution in [1.29, 1.82) is 0 Å². The second-order valence-corrected chi connectivity index (χ2v) is 7.07. The molecule has 1 unspecified atom stereocenters. The third kappa shape index (κ3) is 3.02. The second kappa shape index (κ2) is 5.81. The molecule has 0 spiro atoms. The monoisotopic (exact) mass is 284 g/mol. The molecule has 1 heterocycles. The van der Waals surface area contributed by atoms with Crippen molar-refractivity contribution in [3.63, 3.8) is 0 Å². The van der Waals surface area contributed by atoms with Gasteiger partial charge in [0.25, 0.3) is 0 Å². The number of hydrogen-bond acceptors (Lipinski definition) is 2. The minimum atomic E-state index is 0.553. The molecule has 0 saturated heterocycles. The van der Waals surface area contributed by atoms with E-state index >= 15 is 0 Å². The molecule has 96 valence electrons. The Kier molecular flexibility index (Phi) is 3.90. The van der Waals surface area contributed by atoms with Crippen LogP contribution < -0.4 is 0 Å². The van der Waals surface area contributed by atoms with Crippen LogP contribution in [0.2, 0.25) is 0 Å². The minimum Gasteiger partial charge on any atom is -0.148 e. The lowest BCUT2D eigenvalue weighted by Crippen LogP contribution is -1.86. The fourth-order valence-corrected chi connectivity index (χ4v) is 4.29. The Morgan fingerprint density at radius 1 is 1.00 bits per heavy atom. The number of thioether (sulfide) groups is 1. The van der Waals surface area contributed by atoms with Crippen molar-refractivity contribution in [1.82, 2.24) is 0 Å². The number of fused-ring (bicyclic) bond motifs is 1. The van der Waals surface area contributed by atoms with Crippen LogP contribution in [-0.4, -0.2) is 0 Å². The van der Waals surface area contributed by atoms with Gasteiger partial charge in [-0.1, -0.05) is 48.5 Å². The molecule has 0 bridgehead atoms. The summed E-state index contributed by atoms with van der Waals surface area (Å²) in [4.78, 5) is 1.47. The van der Waals surface area contributed by atoms with Gasteiger partial charge >= 0.3 is 0 Å². The summed E-state index contributed by atoms with van der Waals surface area (Å²) < 4.78 is 1.39. The van der Waals surface area contributed by atoms with Gasteiger partial charge in [0.05, 0.1) is 0 Å². The maximum Gasteiger partial charge on any atom is 0.0366 e. The molecule has 3 rings (SSSR count). The first-order chi connectivity index (χ1) is 9.33. The van der Waals surface area contributed by atoms with Crippen LogP contribution in [0.3, 0.4) is 0 Å². The highest BCUT2D eigenvalue weighted by atomic mass is 32.2. The van der Waals surface area contributed by atoms with Gasteiger partial charge < -0.3 is 0 Å². The number of benzene rings is 2. The van der Waals surface area contributed by atoms with Crippen molar-refractivity contribution in [2.45, 2.75) is 17.9 Å². The fraction of sp³-hybridized carbons (Fsp3) is 0.176. The zero-order chi connectivity index (χ0) is 13.1. The van der Waals surface area contributed by atoms with E-state index in [4.69, 9.17) is 0 Å². The Balaban J connectivity index is 1.71. The van der Waals surface area contributed by atoms with E-state index in [1.54, 1.807) is 0 Å². The van der Waals surface area contributed by atoms with Gasteiger partial charge in [-0.2, -0.15) is 0 Å². The quantitative estimate of drug-likeness (QED) is 0.575. The maximum absolute atomic E-state index is 2.34. The summed E-state index contributed by atoms with van der Waals surface area (Å²) in [5, 5.41) is 1.92. The predicted octanol–water partition coefficient (Wildman–Crippen LogP) is 5.90. The van der Waals surface area contributed by atoms with Crippen LogP contribution >= 0.6 is 23.1 Å². The summed E-state index contributed by atoms with van der Waals surface area (Å²) in [7, 11) is 0. The average Bonchev–Trinajstić information content (AvgIpc) is 2.90. The lowest BCUT2D eigenvalue weighted by molar-refractivity contribution is 1.14. The van der Waals surface area contributed by atoms with E-state index < -0.39 is 0 Å². The molecule has 0 nitrogen and oxygen atoms in total. The SMILES string of the molecule is CC(SCc1ccccc1)c1cc2ccccc2s1. The van der Waals surface area contributed by atoms with E-state index in [1.807, 2.05) is 23.1 Å². The van der Waals surface area contributed by atoms with E-state index in [0.717, 1.165) is 5.75 Å². The van der Waals surface area contributed by atoms with Gasteiger partial charge in [0.2, 0.25) is 0 Å². The number of rotatable bonds is 4. The number of thiophene rings is 1. The van der Waals surface area contributed by atoms with Crippen molar-refractivity contribution >= 4 is 33.2 Å². The molecule has 0 radical (unpaired) electrons. The van der Waals surface area contributed by atoms with E-state index in [1.165, 1.54) is 20.5 Å². The average molecular weight is 284 g/mol. The topological polar surface area (TPSA) is 0 Å². The molecule has 0 N–H and O–H groups in total. The zero-order valence-corrected chi connectivity index (χ0v) is 12.5. The van der Waals surface area contributed by atoms with E-state index in [9.17, 15) is 0 Å². The van der Waals surface area contributed by atoms with Gasteiger partial charge in [-0.15, -0.1) is 23.1 Å². The van der Waals surface area contributed by atoms with Crippen LogP contribution in [0.1, 0.15) is 22.6 Å². The van der Waals surface area contributed by atoms with Gasteiger partial charge in [-0.3, -0.25) is 0 Å². The Morgan fingerprint density at radius 2 is 1.74 bits per heavy atom. The summed E-state index contributed by atoms with van der Waals surface area (Å²) in [5.41, 5.74) is 1.40. The number of hydrogen-bond donors (Lipinski definition) is 0. The third-order valence-electron chi connectivity index (χ3n) is 3.19. The van der Waals surface area contributed by atoms with Crippen LogP contribution in [-0.2, 0) is 5.75 Å². The highest BCUT2D eigenvalue weighted by Gasteiger charge is 2.10. The highest BCUT2D eigenvalue weighted by molar-refractivity contribution is 7.98. The molecule has 0 aliphatic rings. The molecule has 0 fully saturated rings. The predicted molar refractivity (Wildman–Crippen MR) is 88.0 cm³/mol. The van der Waals surface area contributed by atoms with Crippen LogP contribution in [0.4, 0.5) is 0 Å². The van der Waals surface area contributed by atoms with Crippen molar-refractivity contribution in [3.05, 3.63) is 71.1 Å². The molecule has 0 amide bonds. The van der Waals surface area contributed by atoms with Crippen molar-refractivity contribution in [2.75, 3.05) is 0 Å². The molecular formula is C17H16S2. The Hall–Kier alpha value is -1.25. The van der Waals surface area contributed by atoms with Gasteiger partial charge in [-0.25, -0.2) is 0 Å². The Labute approximate surface area is 122 Å². The van der Waals surface area contributed by atoms with Gasteiger partial charge in [0.15, 0.2) is 0 Å². The van der Waals surface area contributed by atoms with Crippen molar-refractivity contribution < 1.29 is 0 Å². The van der Waals surface area contributed by atoms with Gasteiger partial charge in [0.1, 0.15) is 0 Å². The first-order valence-corrected chi connectivity index (χ1v) is 8.33. The normalized spacial score (nSPS) is 12.7. The Bertz CT molecular complexity index is 622. The van der Waals surface area contributed by atoms with E-state index in [-0.39, 0.29) is 0 Å². The first kappa shape index (κ1) is 12.8. The molecular weight excluding hydrogens is 268 g/mol. The van der Waals surface area contributed by atoms with Crippen LogP contribution in [0.25, 0.3) is 10.1 Å². The van der Waals surface area contributed by atoms with E-state index in [0.29, 0.717) is 5.25 Å². The van der Waals surface area contributed by atoms with Crippen LogP contribution in [0.5, 0.6) is 0 Å². The molecule has 19 heavy (non-hydrogen) atoms. The van der Waals surface area contributed by atoms with Gasteiger partial charge in [-0.05, 0) is 30.0 Å². The zero-order valence-electron chi connectivity index (χ0n) is 10.9. The molecule has 2 heteroatoms. The lowest BCUT2D eigenvalue weighted by atomic mass is 10.2. The smallest absolute Gasteiger partial charge is 0.0366 e. The fourth-order valence-electron chi connectivity index (χ4n) is 2.08. The molecule has 1 atom stereocenters. The summed E-state index contributed by atoms with van der Waals surface area (Å²) in [6.45, 7) is 2.30. The van der Waals surface area contributed by atoms with Gasteiger partial charge in [0, 0.05) is 20.6 Å². The highest BCUT2D eigenvalue weighted by Crippen LogP contribution is 2.37. The maximum atomic E-state index is 2.34. The molecule has 0 saturated carbocycles. The third-order valence-corrected chi connectivity index (χ3v) is 5.89. The largest absolute Gasteiger partial charge is 0.148 e. The van der Waals surface area contributed by atoms with Crippen LogP contribution in [0, 0.1) is 0 Å². The van der Waals surface area contributed by atoms with Crippen LogP contribution in [0.15, 0.2) is 60.7 Å². The molecule has 3 aromatic rings. The molecule has 0 aliphatic carbocycles. The Morgan fingerprint density at radius 3 is 2.53 bits per heavy atom. The minimum absolute atomic E-state index is 0.553. The lowest BCUT2D eigenvalue weighted by Gasteiger charge is -2.08.